The lowest BCUT2D eigenvalue weighted by atomic mass is 9.83. The molecule has 1 aromatic rings. The van der Waals surface area contributed by atoms with E-state index in [1.807, 2.05) is 13.0 Å². The van der Waals surface area contributed by atoms with Crippen LogP contribution < -0.4 is 0 Å². The van der Waals surface area contributed by atoms with Crippen molar-refractivity contribution in [2.75, 3.05) is 13.6 Å². The molecule has 0 amide bonds. The molecule has 0 aliphatic rings. The van der Waals surface area contributed by atoms with Crippen LogP contribution in [0.1, 0.15) is 38.0 Å². The van der Waals surface area contributed by atoms with Crippen molar-refractivity contribution >= 4 is 6.29 Å². The highest BCUT2D eigenvalue weighted by atomic mass is 16.3. The van der Waals surface area contributed by atoms with E-state index in [4.69, 9.17) is 4.42 Å². The van der Waals surface area contributed by atoms with Crippen LogP contribution in [-0.2, 0) is 11.3 Å². The number of carbonyl (C=O) groups excluding carboxylic acids is 1. The van der Waals surface area contributed by atoms with Crippen molar-refractivity contribution in [3.8, 4) is 0 Å². The summed E-state index contributed by atoms with van der Waals surface area (Å²) in [6.07, 6.45) is 4.61. The van der Waals surface area contributed by atoms with Gasteiger partial charge in [0.15, 0.2) is 0 Å². The molecule has 1 heterocycles. The minimum absolute atomic E-state index is 0.202. The molecule has 0 saturated heterocycles. The Balaban J connectivity index is 2.62. The van der Waals surface area contributed by atoms with Gasteiger partial charge in [-0.25, -0.2) is 0 Å². The summed E-state index contributed by atoms with van der Waals surface area (Å²) < 4.78 is 5.28. The fourth-order valence-electron chi connectivity index (χ4n) is 2.14. The highest BCUT2D eigenvalue weighted by molar-refractivity contribution is 5.59. The summed E-state index contributed by atoms with van der Waals surface area (Å²) in [4.78, 5) is 13.4. The van der Waals surface area contributed by atoms with Crippen LogP contribution in [0.5, 0.6) is 0 Å². The summed E-state index contributed by atoms with van der Waals surface area (Å²) >= 11 is 0. The number of aryl methyl sites for hydroxylation is 1. The molecule has 0 atom stereocenters. The SMILES string of the molecule is CCC(C=O)(CC)CN(C)Cc1ccoc1C. The van der Waals surface area contributed by atoms with Gasteiger partial charge in [-0.15, -0.1) is 0 Å². The van der Waals surface area contributed by atoms with E-state index >= 15 is 0 Å². The zero-order valence-corrected chi connectivity index (χ0v) is 11.3. The number of hydrogen-bond acceptors (Lipinski definition) is 3. The maximum absolute atomic E-state index is 11.2. The van der Waals surface area contributed by atoms with Crippen molar-refractivity contribution in [2.24, 2.45) is 5.41 Å². The molecule has 0 aromatic carbocycles. The van der Waals surface area contributed by atoms with Gasteiger partial charge in [0, 0.05) is 24.1 Å². The van der Waals surface area contributed by atoms with E-state index in [1.165, 1.54) is 5.56 Å². The molecule has 0 bridgehead atoms. The zero-order chi connectivity index (χ0) is 12.9. The number of aldehydes is 1. The number of rotatable bonds is 7. The van der Waals surface area contributed by atoms with E-state index in [9.17, 15) is 4.79 Å². The molecule has 96 valence electrons. The lowest BCUT2D eigenvalue weighted by molar-refractivity contribution is -0.117. The molecule has 0 spiro atoms. The lowest BCUT2D eigenvalue weighted by Gasteiger charge is -2.30. The van der Waals surface area contributed by atoms with Crippen LogP contribution >= 0.6 is 0 Å². The standard InChI is InChI=1S/C14H23NO2/c1-5-14(6-2,11-16)10-15(4)9-13-7-8-17-12(13)3/h7-8,11H,5-6,9-10H2,1-4H3. The first-order chi connectivity index (χ1) is 8.06. The molecule has 0 aliphatic heterocycles. The third-order valence-corrected chi connectivity index (χ3v) is 3.65. The Bertz CT molecular complexity index is 353. The van der Waals surface area contributed by atoms with Gasteiger partial charge in [0.05, 0.1) is 6.26 Å². The second kappa shape index (κ2) is 6.01. The number of hydrogen-bond donors (Lipinski definition) is 0. The number of nitrogens with zero attached hydrogens (tertiary/aromatic N) is 1. The van der Waals surface area contributed by atoms with E-state index in [1.54, 1.807) is 6.26 Å². The van der Waals surface area contributed by atoms with Crippen molar-refractivity contribution in [3.05, 3.63) is 23.7 Å². The Kier molecular flexibility index (Phi) is 4.94. The monoisotopic (exact) mass is 237 g/mol. The molecule has 0 fully saturated rings. The Morgan fingerprint density at radius 2 is 2.06 bits per heavy atom. The third-order valence-electron chi connectivity index (χ3n) is 3.65. The van der Waals surface area contributed by atoms with E-state index in [2.05, 4.69) is 25.8 Å². The average Bonchev–Trinajstić information content (AvgIpc) is 2.72. The zero-order valence-electron chi connectivity index (χ0n) is 11.3. The van der Waals surface area contributed by atoms with Crippen molar-refractivity contribution in [3.63, 3.8) is 0 Å². The Morgan fingerprint density at radius 3 is 2.47 bits per heavy atom. The van der Waals surface area contributed by atoms with E-state index in [0.29, 0.717) is 0 Å². The molecule has 1 rings (SSSR count). The maximum atomic E-state index is 11.2. The van der Waals surface area contributed by atoms with Crippen molar-refractivity contribution in [2.45, 2.75) is 40.2 Å². The van der Waals surface area contributed by atoms with Gasteiger partial charge in [-0.3, -0.25) is 0 Å². The van der Waals surface area contributed by atoms with Gasteiger partial charge in [-0.2, -0.15) is 0 Å². The first-order valence-electron chi connectivity index (χ1n) is 6.24. The summed E-state index contributed by atoms with van der Waals surface area (Å²) in [5.41, 5.74) is 0.992. The topological polar surface area (TPSA) is 33.5 Å². The Labute approximate surface area is 104 Å². The first kappa shape index (κ1) is 14.0. The molecular formula is C14H23NO2. The van der Waals surface area contributed by atoms with Crippen molar-refractivity contribution in [1.29, 1.82) is 0 Å². The molecular weight excluding hydrogens is 214 g/mol. The molecule has 17 heavy (non-hydrogen) atoms. The highest BCUT2D eigenvalue weighted by Gasteiger charge is 2.27. The van der Waals surface area contributed by atoms with Crippen LogP contribution in [0, 0.1) is 12.3 Å². The van der Waals surface area contributed by atoms with Crippen LogP contribution in [0.2, 0.25) is 0 Å². The number of furan rings is 1. The quantitative estimate of drug-likeness (QED) is 0.683. The maximum Gasteiger partial charge on any atom is 0.127 e. The summed E-state index contributed by atoms with van der Waals surface area (Å²) in [6, 6.07) is 1.99. The molecule has 1 aromatic heterocycles. The summed E-state index contributed by atoms with van der Waals surface area (Å²) in [5.74, 6) is 0.960. The lowest BCUT2D eigenvalue weighted by Crippen LogP contribution is -2.35. The number of carbonyl (C=O) groups is 1. The fraction of sp³-hybridized carbons (Fsp3) is 0.643. The molecule has 3 nitrogen and oxygen atoms in total. The summed E-state index contributed by atoms with van der Waals surface area (Å²) in [7, 11) is 2.05. The highest BCUT2D eigenvalue weighted by Crippen LogP contribution is 2.25. The van der Waals surface area contributed by atoms with Gasteiger partial charge in [0.25, 0.3) is 0 Å². The molecule has 0 aliphatic carbocycles. The molecule has 0 saturated carbocycles. The van der Waals surface area contributed by atoms with E-state index in [-0.39, 0.29) is 5.41 Å². The van der Waals surface area contributed by atoms with Gasteiger partial charge in [0.2, 0.25) is 0 Å². The minimum atomic E-state index is -0.202. The normalized spacial score (nSPS) is 12.1. The van der Waals surface area contributed by atoms with E-state index < -0.39 is 0 Å². The largest absolute Gasteiger partial charge is 0.469 e. The van der Waals surface area contributed by atoms with Crippen LogP contribution in [0.4, 0.5) is 0 Å². The Hall–Kier alpha value is -1.09. The van der Waals surface area contributed by atoms with Crippen LogP contribution in [-0.4, -0.2) is 24.8 Å². The predicted molar refractivity (Wildman–Crippen MR) is 68.9 cm³/mol. The van der Waals surface area contributed by atoms with Crippen LogP contribution in [0.3, 0.4) is 0 Å². The second-order valence-electron chi connectivity index (χ2n) is 4.86. The summed E-state index contributed by atoms with van der Waals surface area (Å²) in [5, 5.41) is 0. The third kappa shape index (κ3) is 3.43. The predicted octanol–water partition coefficient (Wildman–Crippen LogP) is 3.03. The molecule has 3 heteroatoms. The van der Waals surface area contributed by atoms with Crippen LogP contribution in [0.25, 0.3) is 0 Å². The van der Waals surface area contributed by atoms with E-state index in [0.717, 1.165) is 38.0 Å². The van der Waals surface area contributed by atoms with Gasteiger partial charge in [0.1, 0.15) is 12.0 Å². The van der Waals surface area contributed by atoms with Crippen molar-refractivity contribution < 1.29 is 9.21 Å². The molecule has 0 N–H and O–H groups in total. The fourth-order valence-corrected chi connectivity index (χ4v) is 2.14. The first-order valence-corrected chi connectivity index (χ1v) is 6.24. The minimum Gasteiger partial charge on any atom is -0.469 e. The molecule has 0 radical (unpaired) electrons. The smallest absolute Gasteiger partial charge is 0.127 e. The average molecular weight is 237 g/mol. The molecule has 0 unspecified atom stereocenters. The van der Waals surface area contributed by atoms with Gasteiger partial charge >= 0.3 is 0 Å². The van der Waals surface area contributed by atoms with Crippen LogP contribution in [0.15, 0.2) is 16.7 Å². The summed E-state index contributed by atoms with van der Waals surface area (Å²) in [6.45, 7) is 7.76. The van der Waals surface area contributed by atoms with Crippen molar-refractivity contribution in [1.82, 2.24) is 4.90 Å². The van der Waals surface area contributed by atoms with Gasteiger partial charge in [-0.05, 0) is 32.9 Å². The second-order valence-corrected chi connectivity index (χ2v) is 4.86. The van der Waals surface area contributed by atoms with Gasteiger partial charge < -0.3 is 14.1 Å². The van der Waals surface area contributed by atoms with Gasteiger partial charge in [-0.1, -0.05) is 13.8 Å². The Morgan fingerprint density at radius 1 is 1.41 bits per heavy atom.